The van der Waals surface area contributed by atoms with Gasteiger partial charge < -0.3 is 10.1 Å². The first-order valence-corrected chi connectivity index (χ1v) is 8.56. The maximum absolute atomic E-state index is 6.35. The number of hydrogen-bond donors (Lipinski definition) is 1. The SMILES string of the molecule is CCNC(C)c1cc(Cl)ccc1OC1CC(C)CC(C)C1. The fraction of sp³-hybridized carbons (Fsp3) is 0.667. The van der Waals surface area contributed by atoms with Crippen LogP contribution in [0.15, 0.2) is 18.2 Å². The Morgan fingerprint density at radius 2 is 1.90 bits per heavy atom. The summed E-state index contributed by atoms with van der Waals surface area (Å²) >= 11 is 6.17. The lowest BCUT2D eigenvalue weighted by molar-refractivity contribution is 0.0996. The van der Waals surface area contributed by atoms with Crippen molar-refractivity contribution in [2.24, 2.45) is 11.8 Å². The number of benzene rings is 1. The molecule has 1 aliphatic rings. The van der Waals surface area contributed by atoms with Crippen molar-refractivity contribution in [3.8, 4) is 5.75 Å². The van der Waals surface area contributed by atoms with Crippen molar-refractivity contribution in [3.05, 3.63) is 28.8 Å². The maximum Gasteiger partial charge on any atom is 0.124 e. The second-order valence-electron chi connectivity index (χ2n) is 6.62. The Labute approximate surface area is 134 Å². The van der Waals surface area contributed by atoms with Gasteiger partial charge in [0.15, 0.2) is 0 Å². The average molecular weight is 310 g/mol. The molecule has 1 saturated carbocycles. The van der Waals surface area contributed by atoms with Crippen LogP contribution in [0.1, 0.15) is 58.6 Å². The first-order chi connectivity index (χ1) is 9.99. The predicted octanol–water partition coefficient (Wildman–Crippen LogP) is 5.21. The monoisotopic (exact) mass is 309 g/mol. The van der Waals surface area contributed by atoms with Gasteiger partial charge in [-0.3, -0.25) is 0 Å². The van der Waals surface area contributed by atoms with Crippen LogP contribution in [-0.2, 0) is 0 Å². The summed E-state index contributed by atoms with van der Waals surface area (Å²) in [7, 11) is 0. The van der Waals surface area contributed by atoms with Gasteiger partial charge in [-0.2, -0.15) is 0 Å². The van der Waals surface area contributed by atoms with Crippen molar-refractivity contribution >= 4 is 11.6 Å². The van der Waals surface area contributed by atoms with Gasteiger partial charge in [0.05, 0.1) is 6.10 Å². The van der Waals surface area contributed by atoms with Crippen LogP contribution in [0.4, 0.5) is 0 Å². The fourth-order valence-electron chi connectivity index (χ4n) is 3.53. The molecule has 0 aromatic heterocycles. The maximum atomic E-state index is 6.35. The molecule has 0 spiro atoms. The molecule has 0 amide bonds. The van der Waals surface area contributed by atoms with Crippen molar-refractivity contribution in [1.29, 1.82) is 0 Å². The third kappa shape index (κ3) is 4.62. The number of rotatable bonds is 5. The third-order valence-electron chi connectivity index (χ3n) is 4.38. The van der Waals surface area contributed by atoms with Gasteiger partial charge in [-0.05, 0) is 62.8 Å². The Balaban J connectivity index is 2.15. The smallest absolute Gasteiger partial charge is 0.124 e. The van der Waals surface area contributed by atoms with E-state index in [2.05, 4.69) is 33.0 Å². The summed E-state index contributed by atoms with van der Waals surface area (Å²) in [5, 5.41) is 4.22. The molecule has 1 fully saturated rings. The van der Waals surface area contributed by atoms with Crippen molar-refractivity contribution in [3.63, 3.8) is 0 Å². The van der Waals surface area contributed by atoms with E-state index in [1.807, 2.05) is 18.2 Å². The number of hydrogen-bond acceptors (Lipinski definition) is 2. The molecule has 0 radical (unpaired) electrons. The molecular formula is C18H28ClNO. The molecule has 0 saturated heterocycles. The molecule has 0 bridgehead atoms. The molecule has 3 heteroatoms. The van der Waals surface area contributed by atoms with E-state index >= 15 is 0 Å². The molecule has 0 aliphatic heterocycles. The van der Waals surface area contributed by atoms with Gasteiger partial charge in [-0.25, -0.2) is 0 Å². The second-order valence-corrected chi connectivity index (χ2v) is 7.06. The van der Waals surface area contributed by atoms with Crippen LogP contribution < -0.4 is 10.1 Å². The topological polar surface area (TPSA) is 21.3 Å². The fourth-order valence-corrected chi connectivity index (χ4v) is 3.71. The van der Waals surface area contributed by atoms with E-state index in [0.717, 1.165) is 47.6 Å². The molecule has 21 heavy (non-hydrogen) atoms. The Morgan fingerprint density at radius 3 is 2.52 bits per heavy atom. The van der Waals surface area contributed by atoms with E-state index in [9.17, 15) is 0 Å². The van der Waals surface area contributed by atoms with E-state index in [-0.39, 0.29) is 6.04 Å². The summed E-state index contributed by atoms with van der Waals surface area (Å²) < 4.78 is 6.35. The normalized spacial score (nSPS) is 27.4. The van der Waals surface area contributed by atoms with Gasteiger partial charge >= 0.3 is 0 Å². The molecule has 3 atom stereocenters. The first kappa shape index (κ1) is 16.6. The molecule has 118 valence electrons. The Bertz CT molecular complexity index is 453. The lowest BCUT2D eigenvalue weighted by Crippen LogP contribution is -2.29. The number of halogens is 1. The van der Waals surface area contributed by atoms with Crippen LogP contribution in [0.5, 0.6) is 5.75 Å². The standard InChI is InChI=1S/C18H28ClNO/c1-5-20-14(4)17-11-15(19)6-7-18(17)21-16-9-12(2)8-13(3)10-16/h6-7,11-14,16,20H,5,8-10H2,1-4H3. The van der Waals surface area contributed by atoms with E-state index in [1.165, 1.54) is 6.42 Å². The third-order valence-corrected chi connectivity index (χ3v) is 4.61. The highest BCUT2D eigenvalue weighted by Gasteiger charge is 2.26. The van der Waals surface area contributed by atoms with Crippen LogP contribution in [0.25, 0.3) is 0 Å². The summed E-state index contributed by atoms with van der Waals surface area (Å²) in [5.74, 6) is 2.49. The van der Waals surface area contributed by atoms with Gasteiger partial charge in [0, 0.05) is 16.6 Å². The zero-order chi connectivity index (χ0) is 15.4. The van der Waals surface area contributed by atoms with Gasteiger partial charge in [0.1, 0.15) is 5.75 Å². The van der Waals surface area contributed by atoms with Gasteiger partial charge in [-0.1, -0.05) is 32.4 Å². The van der Waals surface area contributed by atoms with Crippen molar-refractivity contribution in [2.45, 2.75) is 59.1 Å². The minimum Gasteiger partial charge on any atom is -0.490 e. The van der Waals surface area contributed by atoms with E-state index < -0.39 is 0 Å². The van der Waals surface area contributed by atoms with Crippen LogP contribution in [0.2, 0.25) is 5.02 Å². The summed E-state index contributed by atoms with van der Waals surface area (Å²) in [5.41, 5.74) is 1.16. The second kappa shape index (κ2) is 7.51. The molecule has 0 heterocycles. The molecule has 1 aromatic carbocycles. The summed E-state index contributed by atoms with van der Waals surface area (Å²) in [6.45, 7) is 9.87. The lowest BCUT2D eigenvalue weighted by atomic mass is 9.82. The highest BCUT2D eigenvalue weighted by Crippen LogP contribution is 2.34. The Morgan fingerprint density at radius 1 is 1.24 bits per heavy atom. The van der Waals surface area contributed by atoms with E-state index in [1.54, 1.807) is 0 Å². The first-order valence-electron chi connectivity index (χ1n) is 8.19. The zero-order valence-corrected chi connectivity index (χ0v) is 14.4. The quantitative estimate of drug-likeness (QED) is 0.805. The van der Waals surface area contributed by atoms with E-state index in [0.29, 0.717) is 6.10 Å². The molecule has 2 nitrogen and oxygen atoms in total. The van der Waals surface area contributed by atoms with Gasteiger partial charge in [0.25, 0.3) is 0 Å². The summed E-state index contributed by atoms with van der Waals surface area (Å²) in [4.78, 5) is 0. The van der Waals surface area contributed by atoms with E-state index in [4.69, 9.17) is 16.3 Å². The van der Waals surface area contributed by atoms with Crippen LogP contribution in [-0.4, -0.2) is 12.6 Å². The Kier molecular flexibility index (Phi) is 5.95. The average Bonchev–Trinajstić information content (AvgIpc) is 2.40. The molecule has 2 rings (SSSR count). The summed E-state index contributed by atoms with van der Waals surface area (Å²) in [6.07, 6.45) is 3.96. The minimum absolute atomic E-state index is 0.252. The lowest BCUT2D eigenvalue weighted by Gasteiger charge is -2.32. The highest BCUT2D eigenvalue weighted by atomic mass is 35.5. The van der Waals surface area contributed by atoms with Crippen LogP contribution in [0.3, 0.4) is 0 Å². The minimum atomic E-state index is 0.252. The molecular weight excluding hydrogens is 282 g/mol. The van der Waals surface area contributed by atoms with Gasteiger partial charge in [0.2, 0.25) is 0 Å². The van der Waals surface area contributed by atoms with Crippen LogP contribution in [0, 0.1) is 11.8 Å². The zero-order valence-electron chi connectivity index (χ0n) is 13.7. The molecule has 1 N–H and O–H groups in total. The molecule has 3 unspecified atom stereocenters. The van der Waals surface area contributed by atoms with Crippen molar-refractivity contribution in [2.75, 3.05) is 6.54 Å². The largest absolute Gasteiger partial charge is 0.490 e. The molecule has 1 aromatic rings. The number of nitrogens with one attached hydrogen (secondary N) is 1. The Hall–Kier alpha value is -0.730. The number of ether oxygens (including phenoxy) is 1. The van der Waals surface area contributed by atoms with Crippen molar-refractivity contribution in [1.82, 2.24) is 5.32 Å². The van der Waals surface area contributed by atoms with Crippen LogP contribution >= 0.6 is 11.6 Å². The summed E-state index contributed by atoms with van der Waals surface area (Å²) in [6, 6.07) is 6.23. The van der Waals surface area contributed by atoms with Crippen molar-refractivity contribution < 1.29 is 4.74 Å². The predicted molar refractivity (Wildman–Crippen MR) is 90.1 cm³/mol. The van der Waals surface area contributed by atoms with Gasteiger partial charge in [-0.15, -0.1) is 0 Å². The highest BCUT2D eigenvalue weighted by molar-refractivity contribution is 6.30. The molecule has 1 aliphatic carbocycles.